The van der Waals surface area contributed by atoms with Crippen LogP contribution in [-0.2, 0) is 0 Å². The number of guanidine groups is 1. The van der Waals surface area contributed by atoms with Crippen LogP contribution < -0.4 is 5.73 Å². The number of likely N-dealkylation sites (N-methyl/N-ethyl adjacent to an activating group) is 1. The highest BCUT2D eigenvalue weighted by Crippen LogP contribution is 2.31. The number of benzene rings is 1. The van der Waals surface area contributed by atoms with E-state index in [0.29, 0.717) is 12.5 Å². The van der Waals surface area contributed by atoms with Gasteiger partial charge in [0.15, 0.2) is 5.96 Å². The normalized spacial score (nSPS) is 20.1. The Kier molecular flexibility index (Phi) is 3.14. The van der Waals surface area contributed by atoms with Crippen molar-refractivity contribution >= 4 is 21.9 Å². The van der Waals surface area contributed by atoms with Crippen molar-refractivity contribution in [3.63, 3.8) is 0 Å². The van der Waals surface area contributed by atoms with Gasteiger partial charge in [0, 0.05) is 11.0 Å². The summed E-state index contributed by atoms with van der Waals surface area (Å²) in [4.78, 5) is 6.23. The van der Waals surface area contributed by atoms with Crippen LogP contribution in [-0.4, -0.2) is 23.9 Å². The lowest BCUT2D eigenvalue weighted by atomic mass is 10.1. The SMILES string of the molecule is CCN1C(N)=NCC1c1ccc(F)cc1Br. The van der Waals surface area contributed by atoms with E-state index >= 15 is 0 Å². The first-order valence-corrected chi connectivity index (χ1v) is 5.94. The summed E-state index contributed by atoms with van der Waals surface area (Å²) in [5, 5.41) is 0. The van der Waals surface area contributed by atoms with Gasteiger partial charge in [-0.2, -0.15) is 0 Å². The van der Waals surface area contributed by atoms with Gasteiger partial charge in [0.05, 0.1) is 12.6 Å². The van der Waals surface area contributed by atoms with Crippen LogP contribution in [0.2, 0.25) is 0 Å². The zero-order chi connectivity index (χ0) is 11.7. The van der Waals surface area contributed by atoms with E-state index in [0.717, 1.165) is 16.6 Å². The highest BCUT2D eigenvalue weighted by molar-refractivity contribution is 9.10. The molecule has 0 amide bonds. The topological polar surface area (TPSA) is 41.6 Å². The molecule has 86 valence electrons. The van der Waals surface area contributed by atoms with Crippen molar-refractivity contribution in [3.05, 3.63) is 34.1 Å². The van der Waals surface area contributed by atoms with Gasteiger partial charge in [0.25, 0.3) is 0 Å². The van der Waals surface area contributed by atoms with E-state index in [2.05, 4.69) is 20.9 Å². The molecule has 1 aromatic carbocycles. The number of halogens is 2. The molecule has 0 saturated carbocycles. The van der Waals surface area contributed by atoms with Crippen LogP contribution in [0.15, 0.2) is 27.7 Å². The molecule has 3 nitrogen and oxygen atoms in total. The van der Waals surface area contributed by atoms with E-state index in [1.807, 2.05) is 11.8 Å². The Morgan fingerprint density at radius 1 is 1.62 bits per heavy atom. The second-order valence-electron chi connectivity index (χ2n) is 3.67. The Morgan fingerprint density at radius 2 is 2.38 bits per heavy atom. The highest BCUT2D eigenvalue weighted by Gasteiger charge is 2.27. The number of aliphatic imine (C=N–C) groups is 1. The molecule has 2 rings (SSSR count). The molecule has 1 aromatic rings. The van der Waals surface area contributed by atoms with Crippen molar-refractivity contribution in [2.75, 3.05) is 13.1 Å². The zero-order valence-corrected chi connectivity index (χ0v) is 10.5. The maximum absolute atomic E-state index is 13.0. The van der Waals surface area contributed by atoms with Gasteiger partial charge in [-0.25, -0.2) is 4.39 Å². The molecule has 1 unspecified atom stereocenters. The number of hydrogen-bond donors (Lipinski definition) is 1. The van der Waals surface area contributed by atoms with Gasteiger partial charge in [0.1, 0.15) is 5.82 Å². The fraction of sp³-hybridized carbons (Fsp3) is 0.364. The Morgan fingerprint density at radius 3 is 3.00 bits per heavy atom. The summed E-state index contributed by atoms with van der Waals surface area (Å²) in [6.45, 7) is 3.45. The Balaban J connectivity index is 2.32. The monoisotopic (exact) mass is 285 g/mol. The summed E-state index contributed by atoms with van der Waals surface area (Å²) in [5.74, 6) is 0.314. The van der Waals surface area contributed by atoms with Crippen LogP contribution >= 0.6 is 15.9 Å². The van der Waals surface area contributed by atoms with Gasteiger partial charge < -0.3 is 10.6 Å². The van der Waals surface area contributed by atoms with Gasteiger partial charge in [-0.05, 0) is 24.6 Å². The van der Waals surface area contributed by atoms with Crippen molar-refractivity contribution in [2.24, 2.45) is 10.7 Å². The minimum atomic E-state index is -0.245. The molecule has 5 heteroatoms. The average molecular weight is 286 g/mol. The molecule has 0 radical (unpaired) electrons. The molecule has 1 aliphatic heterocycles. The van der Waals surface area contributed by atoms with Crippen LogP contribution in [0.3, 0.4) is 0 Å². The van der Waals surface area contributed by atoms with Gasteiger partial charge in [0.2, 0.25) is 0 Å². The molecular formula is C11H13BrFN3. The molecule has 0 saturated heterocycles. The van der Waals surface area contributed by atoms with E-state index in [9.17, 15) is 4.39 Å². The molecule has 1 heterocycles. The Bertz CT molecular complexity index is 433. The first kappa shape index (κ1) is 11.4. The van der Waals surface area contributed by atoms with Crippen molar-refractivity contribution in [2.45, 2.75) is 13.0 Å². The standard InChI is InChI=1S/C11H13BrFN3/c1-2-16-10(6-15-11(16)14)8-4-3-7(13)5-9(8)12/h3-5,10H,2,6H2,1H3,(H2,14,15). The second kappa shape index (κ2) is 4.41. The van der Waals surface area contributed by atoms with Crippen molar-refractivity contribution in [1.82, 2.24) is 4.90 Å². The van der Waals surface area contributed by atoms with Crippen molar-refractivity contribution in [3.8, 4) is 0 Å². The van der Waals surface area contributed by atoms with Crippen LogP contribution in [0.4, 0.5) is 4.39 Å². The average Bonchev–Trinajstić information content (AvgIpc) is 2.59. The number of nitrogens with zero attached hydrogens (tertiary/aromatic N) is 2. The molecule has 0 aromatic heterocycles. The van der Waals surface area contributed by atoms with Crippen LogP contribution in [0.1, 0.15) is 18.5 Å². The van der Waals surface area contributed by atoms with E-state index in [1.165, 1.54) is 12.1 Å². The highest BCUT2D eigenvalue weighted by atomic mass is 79.9. The Labute approximate surface area is 102 Å². The summed E-state index contributed by atoms with van der Waals surface area (Å²) in [5.41, 5.74) is 6.80. The molecular weight excluding hydrogens is 273 g/mol. The summed E-state index contributed by atoms with van der Waals surface area (Å²) in [6, 6.07) is 4.82. The summed E-state index contributed by atoms with van der Waals surface area (Å²) >= 11 is 3.38. The third-order valence-electron chi connectivity index (χ3n) is 2.76. The molecule has 1 aliphatic rings. The second-order valence-corrected chi connectivity index (χ2v) is 4.52. The predicted molar refractivity (Wildman–Crippen MR) is 65.7 cm³/mol. The van der Waals surface area contributed by atoms with Crippen LogP contribution in [0.5, 0.6) is 0 Å². The largest absolute Gasteiger partial charge is 0.370 e. The molecule has 16 heavy (non-hydrogen) atoms. The van der Waals surface area contributed by atoms with E-state index < -0.39 is 0 Å². The number of hydrogen-bond acceptors (Lipinski definition) is 3. The van der Waals surface area contributed by atoms with Crippen LogP contribution in [0, 0.1) is 5.82 Å². The predicted octanol–water partition coefficient (Wildman–Crippen LogP) is 2.28. The zero-order valence-electron chi connectivity index (χ0n) is 8.95. The summed E-state index contributed by atoms with van der Waals surface area (Å²) < 4.78 is 13.8. The van der Waals surface area contributed by atoms with E-state index in [-0.39, 0.29) is 11.9 Å². The summed E-state index contributed by atoms with van der Waals surface area (Å²) in [7, 11) is 0. The maximum atomic E-state index is 13.0. The third kappa shape index (κ3) is 1.91. The van der Waals surface area contributed by atoms with Gasteiger partial charge >= 0.3 is 0 Å². The number of rotatable bonds is 2. The van der Waals surface area contributed by atoms with Gasteiger partial charge in [-0.15, -0.1) is 0 Å². The number of nitrogens with two attached hydrogens (primary N) is 1. The first-order valence-electron chi connectivity index (χ1n) is 5.15. The lowest BCUT2D eigenvalue weighted by Crippen LogP contribution is -2.35. The van der Waals surface area contributed by atoms with Crippen molar-refractivity contribution in [1.29, 1.82) is 0 Å². The fourth-order valence-electron chi connectivity index (χ4n) is 1.95. The molecule has 0 fully saturated rings. The van der Waals surface area contributed by atoms with Gasteiger partial charge in [-0.1, -0.05) is 22.0 Å². The van der Waals surface area contributed by atoms with Crippen LogP contribution in [0.25, 0.3) is 0 Å². The van der Waals surface area contributed by atoms with E-state index in [4.69, 9.17) is 5.73 Å². The minimum Gasteiger partial charge on any atom is -0.370 e. The smallest absolute Gasteiger partial charge is 0.191 e. The molecule has 0 aliphatic carbocycles. The first-order chi connectivity index (χ1) is 7.63. The third-order valence-corrected chi connectivity index (χ3v) is 3.45. The minimum absolute atomic E-state index is 0.111. The molecule has 1 atom stereocenters. The molecule has 0 spiro atoms. The lowest BCUT2D eigenvalue weighted by Gasteiger charge is -2.25. The van der Waals surface area contributed by atoms with Crippen molar-refractivity contribution < 1.29 is 4.39 Å². The summed E-state index contributed by atoms with van der Waals surface area (Å²) in [6.07, 6.45) is 0. The Hall–Kier alpha value is -1.10. The van der Waals surface area contributed by atoms with E-state index in [1.54, 1.807) is 6.07 Å². The quantitative estimate of drug-likeness (QED) is 0.906. The van der Waals surface area contributed by atoms with Gasteiger partial charge in [-0.3, -0.25) is 4.99 Å². The molecule has 0 bridgehead atoms. The lowest BCUT2D eigenvalue weighted by molar-refractivity contribution is 0.363. The molecule has 2 N–H and O–H groups in total. The fourth-order valence-corrected chi connectivity index (χ4v) is 2.56. The maximum Gasteiger partial charge on any atom is 0.191 e.